The van der Waals surface area contributed by atoms with Gasteiger partial charge in [0.25, 0.3) is 0 Å². The van der Waals surface area contributed by atoms with Crippen LogP contribution in [-0.2, 0) is 9.53 Å². The van der Waals surface area contributed by atoms with E-state index < -0.39 is 46.2 Å². The maximum absolute atomic E-state index is 13.5. The van der Waals surface area contributed by atoms with Crippen LogP contribution >= 0.6 is 0 Å². The van der Waals surface area contributed by atoms with E-state index >= 15 is 0 Å². The molecule has 0 aliphatic rings. The monoisotopic (exact) mass is 335 g/mol. The molecule has 1 rings (SSSR count). The summed E-state index contributed by atoms with van der Waals surface area (Å²) in [6, 6.07) is 0.193. The highest BCUT2D eigenvalue weighted by Gasteiger charge is 2.27. The number of esters is 1. The smallest absolute Gasteiger partial charge is 0.341 e. The molecule has 0 radical (unpaired) electrons. The fourth-order valence-electron chi connectivity index (χ4n) is 1.43. The fraction of sp³-hybridized carbons (Fsp3) is 0.333. The Morgan fingerprint density at radius 2 is 1.65 bits per heavy atom. The van der Waals surface area contributed by atoms with Crippen LogP contribution in [-0.4, -0.2) is 32.5 Å². The average molecular weight is 335 g/mol. The SMILES string of the molecule is C/C=C(\C(=O)OCC)C(=O)c1cc(F)c(F)c(F)c1F.CNC. The van der Waals surface area contributed by atoms with Crippen LogP contribution in [0.4, 0.5) is 17.6 Å². The van der Waals surface area contributed by atoms with Crippen LogP contribution in [0.5, 0.6) is 0 Å². The molecule has 0 aromatic heterocycles. The molecule has 1 aromatic rings. The molecule has 0 atom stereocenters. The Morgan fingerprint density at radius 3 is 2.09 bits per heavy atom. The Balaban J connectivity index is 0.00000149. The molecule has 4 nitrogen and oxygen atoms in total. The van der Waals surface area contributed by atoms with Crippen molar-refractivity contribution in [3.63, 3.8) is 0 Å². The first-order valence-electron chi connectivity index (χ1n) is 6.56. The predicted octanol–water partition coefficient (Wildman–Crippen LogP) is 2.77. The van der Waals surface area contributed by atoms with Gasteiger partial charge in [0, 0.05) is 0 Å². The number of carbonyl (C=O) groups is 2. The van der Waals surface area contributed by atoms with Gasteiger partial charge >= 0.3 is 5.97 Å². The quantitative estimate of drug-likeness (QED) is 0.134. The maximum atomic E-state index is 13.5. The van der Waals surface area contributed by atoms with Crippen molar-refractivity contribution >= 4 is 11.8 Å². The van der Waals surface area contributed by atoms with E-state index in [1.165, 1.54) is 13.8 Å². The molecule has 0 bridgehead atoms. The summed E-state index contributed by atoms with van der Waals surface area (Å²) in [6.07, 6.45) is 1.01. The lowest BCUT2D eigenvalue weighted by atomic mass is 10.0. The van der Waals surface area contributed by atoms with Gasteiger partial charge in [-0.2, -0.15) is 0 Å². The van der Waals surface area contributed by atoms with Crippen molar-refractivity contribution in [3.8, 4) is 0 Å². The largest absolute Gasteiger partial charge is 0.462 e. The van der Waals surface area contributed by atoms with Crippen LogP contribution in [0, 0.1) is 23.3 Å². The van der Waals surface area contributed by atoms with Crippen molar-refractivity contribution in [2.75, 3.05) is 20.7 Å². The van der Waals surface area contributed by atoms with Crippen LogP contribution in [0.2, 0.25) is 0 Å². The van der Waals surface area contributed by atoms with Crippen molar-refractivity contribution in [1.29, 1.82) is 0 Å². The number of Topliss-reactive ketones (excluding diaryl/α,β-unsaturated/α-hetero) is 1. The highest BCUT2D eigenvalue weighted by molar-refractivity contribution is 6.24. The number of hydrogen-bond donors (Lipinski definition) is 1. The van der Waals surface area contributed by atoms with Crippen molar-refractivity contribution in [1.82, 2.24) is 5.32 Å². The van der Waals surface area contributed by atoms with Gasteiger partial charge in [-0.3, -0.25) is 4.79 Å². The van der Waals surface area contributed by atoms with Crippen LogP contribution in [0.15, 0.2) is 17.7 Å². The minimum Gasteiger partial charge on any atom is -0.462 e. The lowest BCUT2D eigenvalue weighted by Gasteiger charge is -2.08. The summed E-state index contributed by atoms with van der Waals surface area (Å²) >= 11 is 0. The molecule has 0 fully saturated rings. The van der Waals surface area contributed by atoms with Gasteiger partial charge in [-0.15, -0.1) is 0 Å². The Hall–Kier alpha value is -2.22. The third kappa shape index (κ3) is 5.17. The zero-order valence-corrected chi connectivity index (χ0v) is 13.1. The summed E-state index contributed by atoms with van der Waals surface area (Å²) in [5.74, 6) is -10.1. The molecule has 1 aromatic carbocycles. The Bertz CT molecular complexity index is 615. The summed E-state index contributed by atoms with van der Waals surface area (Å²) in [4.78, 5) is 23.3. The van der Waals surface area contributed by atoms with E-state index in [1.807, 2.05) is 14.1 Å². The molecular formula is C15H17F4NO3. The Morgan fingerprint density at radius 1 is 1.13 bits per heavy atom. The summed E-state index contributed by atoms with van der Waals surface area (Å²) in [7, 11) is 3.75. The number of nitrogens with one attached hydrogen (secondary N) is 1. The molecule has 0 spiro atoms. The van der Waals surface area contributed by atoms with Gasteiger partial charge in [0.05, 0.1) is 12.2 Å². The molecule has 8 heteroatoms. The first-order chi connectivity index (χ1) is 10.8. The third-order valence-corrected chi connectivity index (χ3v) is 2.38. The van der Waals surface area contributed by atoms with Gasteiger partial charge in [-0.05, 0) is 34.0 Å². The number of hydrogen-bond acceptors (Lipinski definition) is 4. The van der Waals surface area contributed by atoms with Gasteiger partial charge in [0.15, 0.2) is 23.3 Å². The van der Waals surface area contributed by atoms with Crippen LogP contribution in [0.1, 0.15) is 24.2 Å². The van der Waals surface area contributed by atoms with Gasteiger partial charge in [0.1, 0.15) is 5.57 Å². The van der Waals surface area contributed by atoms with Gasteiger partial charge in [-0.1, -0.05) is 6.08 Å². The number of ketones is 1. The normalized spacial score (nSPS) is 10.7. The van der Waals surface area contributed by atoms with Crippen molar-refractivity contribution < 1.29 is 31.9 Å². The first kappa shape index (κ1) is 20.8. The van der Waals surface area contributed by atoms with E-state index in [4.69, 9.17) is 0 Å². The van der Waals surface area contributed by atoms with Crippen LogP contribution < -0.4 is 5.32 Å². The molecule has 0 amide bonds. The summed E-state index contributed by atoms with van der Waals surface area (Å²) < 4.78 is 56.9. The number of rotatable bonds is 4. The molecule has 23 heavy (non-hydrogen) atoms. The average Bonchev–Trinajstić information content (AvgIpc) is 2.50. The van der Waals surface area contributed by atoms with Gasteiger partial charge in [-0.25, -0.2) is 22.4 Å². The van der Waals surface area contributed by atoms with E-state index in [0.29, 0.717) is 0 Å². The molecule has 128 valence electrons. The number of benzene rings is 1. The van der Waals surface area contributed by atoms with Gasteiger partial charge < -0.3 is 10.1 Å². The zero-order valence-electron chi connectivity index (χ0n) is 13.1. The number of halogens is 4. The minimum atomic E-state index is -2.12. The topological polar surface area (TPSA) is 55.4 Å². The van der Waals surface area contributed by atoms with E-state index in [-0.39, 0.29) is 12.7 Å². The number of ether oxygens (including phenoxy) is 1. The van der Waals surface area contributed by atoms with E-state index in [0.717, 1.165) is 6.08 Å². The van der Waals surface area contributed by atoms with Crippen molar-refractivity contribution in [3.05, 3.63) is 46.5 Å². The molecule has 0 heterocycles. The molecule has 0 saturated carbocycles. The highest BCUT2D eigenvalue weighted by atomic mass is 19.2. The molecule has 0 aliphatic carbocycles. The second kappa shape index (κ2) is 9.73. The lowest BCUT2D eigenvalue weighted by molar-refractivity contribution is -0.138. The first-order valence-corrected chi connectivity index (χ1v) is 6.56. The van der Waals surface area contributed by atoms with E-state index in [1.54, 1.807) is 0 Å². The number of allylic oxidation sites excluding steroid dienone is 1. The fourth-order valence-corrected chi connectivity index (χ4v) is 1.43. The Labute approximate surface area is 131 Å². The summed E-state index contributed by atoms with van der Waals surface area (Å²) in [5, 5.41) is 2.75. The van der Waals surface area contributed by atoms with Gasteiger partial charge in [0.2, 0.25) is 5.78 Å². The molecular weight excluding hydrogens is 318 g/mol. The molecule has 0 saturated heterocycles. The second-order valence-corrected chi connectivity index (χ2v) is 4.10. The van der Waals surface area contributed by atoms with Crippen molar-refractivity contribution in [2.45, 2.75) is 13.8 Å². The van der Waals surface area contributed by atoms with Crippen LogP contribution in [0.25, 0.3) is 0 Å². The highest BCUT2D eigenvalue weighted by Crippen LogP contribution is 2.21. The molecule has 0 unspecified atom stereocenters. The third-order valence-electron chi connectivity index (χ3n) is 2.38. The second-order valence-electron chi connectivity index (χ2n) is 4.10. The minimum absolute atomic E-state index is 0.0436. The number of carbonyl (C=O) groups excluding carboxylic acids is 2. The standard InChI is InChI=1S/C13H10F4O3.C2H7N/c1-3-6(13(19)20-4-2)12(18)7-5-8(14)10(16)11(17)9(7)15;1-3-2/h3,5H,4H2,1-2H3;3H,1-2H3/b6-3-;. The summed E-state index contributed by atoms with van der Waals surface area (Å²) in [6.45, 7) is 2.73. The summed E-state index contributed by atoms with van der Waals surface area (Å²) in [5.41, 5.74) is -1.68. The van der Waals surface area contributed by atoms with E-state index in [9.17, 15) is 27.2 Å². The molecule has 0 aliphatic heterocycles. The Kier molecular flexibility index (Phi) is 8.79. The predicted molar refractivity (Wildman–Crippen MR) is 76.0 cm³/mol. The lowest BCUT2D eigenvalue weighted by Crippen LogP contribution is -2.18. The maximum Gasteiger partial charge on any atom is 0.341 e. The van der Waals surface area contributed by atoms with Crippen LogP contribution in [0.3, 0.4) is 0 Å². The zero-order chi connectivity index (χ0) is 18.2. The van der Waals surface area contributed by atoms with Crippen molar-refractivity contribution in [2.24, 2.45) is 0 Å². The molecule has 1 N–H and O–H groups in total. The van der Waals surface area contributed by atoms with E-state index in [2.05, 4.69) is 10.1 Å².